The van der Waals surface area contributed by atoms with Crippen LogP contribution in [0.1, 0.15) is 19.7 Å². The summed E-state index contributed by atoms with van der Waals surface area (Å²) in [6, 6.07) is 5.93. The highest BCUT2D eigenvalue weighted by molar-refractivity contribution is 7.99. The second-order valence-corrected chi connectivity index (χ2v) is 4.77. The first-order valence-electron chi connectivity index (χ1n) is 6.01. The van der Waals surface area contributed by atoms with Crippen molar-refractivity contribution < 1.29 is 0 Å². The fraction of sp³-hybridized carbons (Fsp3) is 0.308. The van der Waals surface area contributed by atoms with Crippen LogP contribution in [0.4, 0.5) is 5.82 Å². The van der Waals surface area contributed by atoms with Crippen molar-refractivity contribution >= 4 is 17.6 Å². The summed E-state index contributed by atoms with van der Waals surface area (Å²) in [5.74, 6) is 1.76. The number of aromatic nitrogens is 3. The van der Waals surface area contributed by atoms with E-state index in [4.69, 9.17) is 0 Å². The molecule has 4 nitrogen and oxygen atoms in total. The molecule has 0 atom stereocenters. The third kappa shape index (κ3) is 3.43. The molecule has 1 N–H and O–H groups in total. The molecule has 0 aliphatic heterocycles. The predicted molar refractivity (Wildman–Crippen MR) is 73.9 cm³/mol. The molecule has 2 aromatic rings. The summed E-state index contributed by atoms with van der Waals surface area (Å²) in [5.41, 5.74) is 0. The summed E-state index contributed by atoms with van der Waals surface area (Å²) >= 11 is 1.63. The average molecular weight is 260 g/mol. The zero-order valence-corrected chi connectivity index (χ0v) is 11.4. The molecular formula is C13H16N4S. The second-order valence-electron chi connectivity index (χ2n) is 3.68. The van der Waals surface area contributed by atoms with Gasteiger partial charge in [0.25, 0.3) is 0 Å². The van der Waals surface area contributed by atoms with Gasteiger partial charge in [0.05, 0.1) is 0 Å². The van der Waals surface area contributed by atoms with E-state index in [-0.39, 0.29) is 0 Å². The number of pyridine rings is 1. The first-order chi connectivity index (χ1) is 8.81. The maximum absolute atomic E-state index is 4.52. The van der Waals surface area contributed by atoms with Gasteiger partial charge in [-0.25, -0.2) is 9.97 Å². The van der Waals surface area contributed by atoms with Crippen molar-refractivity contribution in [2.24, 2.45) is 0 Å². The van der Waals surface area contributed by atoms with Gasteiger partial charge in [-0.15, -0.1) is 0 Å². The van der Waals surface area contributed by atoms with Gasteiger partial charge in [-0.2, -0.15) is 0 Å². The molecule has 94 valence electrons. The van der Waals surface area contributed by atoms with Gasteiger partial charge in [-0.1, -0.05) is 18.7 Å². The van der Waals surface area contributed by atoms with E-state index in [2.05, 4.69) is 34.1 Å². The molecule has 0 radical (unpaired) electrons. The van der Waals surface area contributed by atoms with Crippen molar-refractivity contribution in [1.82, 2.24) is 15.0 Å². The number of nitrogens with one attached hydrogen (secondary N) is 1. The van der Waals surface area contributed by atoms with Gasteiger partial charge in [0.15, 0.2) is 0 Å². The van der Waals surface area contributed by atoms with E-state index < -0.39 is 0 Å². The molecule has 2 aromatic heterocycles. The normalized spacial score (nSPS) is 10.3. The topological polar surface area (TPSA) is 50.7 Å². The van der Waals surface area contributed by atoms with Crippen LogP contribution in [0.5, 0.6) is 0 Å². The van der Waals surface area contributed by atoms with Gasteiger partial charge in [0, 0.05) is 36.3 Å². The van der Waals surface area contributed by atoms with Crippen LogP contribution in [0.15, 0.2) is 40.5 Å². The zero-order valence-electron chi connectivity index (χ0n) is 10.6. The Morgan fingerprint density at radius 2 is 1.94 bits per heavy atom. The third-order valence-corrected chi connectivity index (χ3v) is 3.22. The minimum absolute atomic E-state index is 0.836. The van der Waals surface area contributed by atoms with Gasteiger partial charge in [-0.3, -0.25) is 4.98 Å². The zero-order chi connectivity index (χ0) is 12.8. The highest BCUT2D eigenvalue weighted by atomic mass is 32.2. The minimum atomic E-state index is 0.836. The van der Waals surface area contributed by atoms with Crippen LogP contribution in [-0.2, 0) is 6.42 Å². The molecule has 0 aliphatic rings. The van der Waals surface area contributed by atoms with Crippen LogP contribution in [-0.4, -0.2) is 21.5 Å². The highest BCUT2D eigenvalue weighted by Gasteiger charge is 2.04. The quantitative estimate of drug-likeness (QED) is 0.837. The fourth-order valence-electron chi connectivity index (χ4n) is 1.48. The minimum Gasteiger partial charge on any atom is -0.370 e. The Balaban J connectivity index is 2.24. The van der Waals surface area contributed by atoms with Crippen molar-refractivity contribution in [3.05, 3.63) is 36.4 Å². The van der Waals surface area contributed by atoms with Crippen molar-refractivity contribution in [3.63, 3.8) is 0 Å². The number of anilines is 1. The summed E-state index contributed by atoms with van der Waals surface area (Å²) in [6.07, 6.45) is 4.41. The van der Waals surface area contributed by atoms with E-state index >= 15 is 0 Å². The van der Waals surface area contributed by atoms with E-state index in [1.165, 1.54) is 0 Å². The van der Waals surface area contributed by atoms with E-state index in [0.717, 1.165) is 34.5 Å². The van der Waals surface area contributed by atoms with Crippen molar-refractivity contribution in [2.75, 3.05) is 11.9 Å². The summed E-state index contributed by atoms with van der Waals surface area (Å²) in [5, 5.41) is 4.19. The number of aryl methyl sites for hydroxylation is 1. The molecule has 2 heterocycles. The molecule has 0 saturated heterocycles. The molecule has 5 heteroatoms. The molecule has 0 fully saturated rings. The first-order valence-corrected chi connectivity index (χ1v) is 6.83. The Kier molecular flexibility index (Phi) is 4.52. The lowest BCUT2D eigenvalue weighted by Gasteiger charge is -2.07. The molecule has 0 amide bonds. The monoisotopic (exact) mass is 260 g/mol. The maximum Gasteiger partial charge on any atom is 0.131 e. The molecule has 0 saturated carbocycles. The first kappa shape index (κ1) is 12.8. The van der Waals surface area contributed by atoms with Gasteiger partial charge in [0.1, 0.15) is 16.7 Å². The Morgan fingerprint density at radius 1 is 1.17 bits per heavy atom. The van der Waals surface area contributed by atoms with Crippen LogP contribution in [0.3, 0.4) is 0 Å². The standard InChI is InChI=1S/C13H16N4S/c1-3-11-16-12(15-4-2)9-13(17-11)18-10-5-7-14-8-6-10/h5-9H,3-4H2,1-2H3,(H,15,16,17). The summed E-state index contributed by atoms with van der Waals surface area (Å²) in [7, 11) is 0. The maximum atomic E-state index is 4.52. The average Bonchev–Trinajstić information content (AvgIpc) is 2.40. The number of hydrogen-bond acceptors (Lipinski definition) is 5. The molecule has 0 spiro atoms. The van der Waals surface area contributed by atoms with Crippen LogP contribution < -0.4 is 5.32 Å². The number of hydrogen-bond donors (Lipinski definition) is 1. The van der Waals surface area contributed by atoms with E-state index in [1.807, 2.05) is 18.2 Å². The van der Waals surface area contributed by atoms with Gasteiger partial charge >= 0.3 is 0 Å². The highest BCUT2D eigenvalue weighted by Crippen LogP contribution is 2.26. The van der Waals surface area contributed by atoms with E-state index in [1.54, 1.807) is 24.2 Å². The SMILES string of the molecule is CCNc1cc(Sc2ccncc2)nc(CC)n1. The van der Waals surface area contributed by atoms with Gasteiger partial charge in [0.2, 0.25) is 0 Å². The Hall–Kier alpha value is -1.62. The molecule has 0 bridgehead atoms. The van der Waals surface area contributed by atoms with Gasteiger partial charge < -0.3 is 5.32 Å². The van der Waals surface area contributed by atoms with Crippen LogP contribution >= 0.6 is 11.8 Å². The Labute approximate surface area is 111 Å². The predicted octanol–water partition coefficient (Wildman–Crippen LogP) is 3.02. The van der Waals surface area contributed by atoms with Gasteiger partial charge in [-0.05, 0) is 19.1 Å². The summed E-state index contributed by atoms with van der Waals surface area (Å²) in [6.45, 7) is 4.98. The lowest BCUT2D eigenvalue weighted by molar-refractivity contribution is 0.887. The molecular weight excluding hydrogens is 244 g/mol. The molecule has 0 aliphatic carbocycles. The second kappa shape index (κ2) is 6.35. The van der Waals surface area contributed by atoms with Crippen molar-refractivity contribution in [1.29, 1.82) is 0 Å². The largest absolute Gasteiger partial charge is 0.370 e. The van der Waals surface area contributed by atoms with E-state index in [9.17, 15) is 0 Å². The third-order valence-electron chi connectivity index (χ3n) is 2.30. The van der Waals surface area contributed by atoms with Crippen molar-refractivity contribution in [3.8, 4) is 0 Å². The lowest BCUT2D eigenvalue weighted by atomic mass is 10.4. The number of rotatable bonds is 5. The Bertz CT molecular complexity index is 502. The molecule has 18 heavy (non-hydrogen) atoms. The smallest absolute Gasteiger partial charge is 0.131 e. The van der Waals surface area contributed by atoms with Crippen LogP contribution in [0.25, 0.3) is 0 Å². The molecule has 0 unspecified atom stereocenters. The van der Waals surface area contributed by atoms with Crippen LogP contribution in [0.2, 0.25) is 0 Å². The fourth-order valence-corrected chi connectivity index (χ4v) is 2.30. The molecule has 0 aromatic carbocycles. The lowest BCUT2D eigenvalue weighted by Crippen LogP contribution is -2.03. The summed E-state index contributed by atoms with van der Waals surface area (Å²) in [4.78, 5) is 14.1. The molecule has 2 rings (SSSR count). The number of nitrogens with zero attached hydrogens (tertiary/aromatic N) is 3. The summed E-state index contributed by atoms with van der Waals surface area (Å²) < 4.78 is 0. The van der Waals surface area contributed by atoms with Crippen LogP contribution in [0, 0.1) is 0 Å². The van der Waals surface area contributed by atoms with E-state index in [0.29, 0.717) is 0 Å². The Morgan fingerprint density at radius 3 is 2.61 bits per heavy atom. The van der Waals surface area contributed by atoms with Crippen molar-refractivity contribution in [2.45, 2.75) is 30.2 Å².